The predicted octanol–water partition coefficient (Wildman–Crippen LogP) is 1.44. The van der Waals surface area contributed by atoms with Crippen molar-refractivity contribution in [3.05, 3.63) is 24.2 Å². The number of nitrogens with two attached hydrogens (primary N) is 1. The van der Waals surface area contributed by atoms with Crippen molar-refractivity contribution in [2.45, 2.75) is 38.8 Å². The van der Waals surface area contributed by atoms with E-state index < -0.39 is 6.04 Å². The van der Waals surface area contributed by atoms with Crippen LogP contribution in [-0.2, 0) is 4.79 Å². The smallest absolute Gasteiger partial charge is 0.240 e. The van der Waals surface area contributed by atoms with E-state index in [0.29, 0.717) is 0 Å². The van der Waals surface area contributed by atoms with Crippen LogP contribution in [0.25, 0.3) is 0 Å². The molecule has 0 bridgehead atoms. The lowest BCUT2D eigenvalue weighted by atomic mass is 10.0. The monoisotopic (exact) mass is 264 g/mol. The first kappa shape index (κ1) is 13.8. The van der Waals surface area contributed by atoms with Gasteiger partial charge in [-0.25, -0.2) is 0 Å². The predicted molar refractivity (Wildman–Crippen MR) is 70.6 cm³/mol. The third kappa shape index (κ3) is 3.23. The van der Waals surface area contributed by atoms with E-state index in [9.17, 15) is 9.59 Å². The van der Waals surface area contributed by atoms with Crippen LogP contribution in [-0.4, -0.2) is 35.2 Å². The first-order chi connectivity index (χ1) is 9.00. The standard InChI is InChI=1S/C14H20N2O3/c1-9(2)13(15)14(18)16(10-5-6-10)8-11(17)12-4-3-7-19-12/h3-4,7,9-10,13H,5-6,8,15H2,1-2H3. The van der Waals surface area contributed by atoms with Gasteiger partial charge in [-0.1, -0.05) is 13.8 Å². The molecular formula is C14H20N2O3. The number of amides is 1. The molecule has 1 aromatic heterocycles. The van der Waals surface area contributed by atoms with Gasteiger partial charge in [0.05, 0.1) is 18.8 Å². The van der Waals surface area contributed by atoms with Gasteiger partial charge >= 0.3 is 0 Å². The van der Waals surface area contributed by atoms with Crippen LogP contribution in [0.4, 0.5) is 0 Å². The summed E-state index contributed by atoms with van der Waals surface area (Å²) in [7, 11) is 0. The maximum Gasteiger partial charge on any atom is 0.240 e. The minimum absolute atomic E-state index is 0.0530. The number of rotatable bonds is 6. The van der Waals surface area contributed by atoms with Gasteiger partial charge in [0.25, 0.3) is 0 Å². The van der Waals surface area contributed by atoms with Crippen LogP contribution in [0, 0.1) is 5.92 Å². The van der Waals surface area contributed by atoms with Crippen LogP contribution in [0.3, 0.4) is 0 Å². The summed E-state index contributed by atoms with van der Waals surface area (Å²) in [5.74, 6) is 0.0302. The summed E-state index contributed by atoms with van der Waals surface area (Å²) < 4.78 is 5.07. The first-order valence-corrected chi connectivity index (χ1v) is 6.63. The molecule has 1 fully saturated rings. The normalized spacial score (nSPS) is 16.4. The minimum Gasteiger partial charge on any atom is -0.461 e. The molecule has 1 heterocycles. The van der Waals surface area contributed by atoms with Crippen LogP contribution in [0.5, 0.6) is 0 Å². The molecule has 0 saturated heterocycles. The number of hydrogen-bond acceptors (Lipinski definition) is 4. The molecule has 1 amide bonds. The Labute approximate surface area is 112 Å². The van der Waals surface area contributed by atoms with Crippen LogP contribution in [0.15, 0.2) is 22.8 Å². The summed E-state index contributed by atoms with van der Waals surface area (Å²) in [6.07, 6.45) is 3.35. The third-order valence-corrected chi connectivity index (χ3v) is 3.38. The molecular weight excluding hydrogens is 244 g/mol. The van der Waals surface area contributed by atoms with Crippen molar-refractivity contribution >= 4 is 11.7 Å². The van der Waals surface area contributed by atoms with Crippen LogP contribution in [0.1, 0.15) is 37.2 Å². The molecule has 0 spiro atoms. The molecule has 2 rings (SSSR count). The van der Waals surface area contributed by atoms with E-state index in [1.54, 1.807) is 17.0 Å². The maximum atomic E-state index is 12.3. The Morgan fingerprint density at radius 2 is 2.16 bits per heavy atom. The van der Waals surface area contributed by atoms with Gasteiger partial charge in [0.1, 0.15) is 0 Å². The molecule has 104 valence electrons. The van der Waals surface area contributed by atoms with Gasteiger partial charge < -0.3 is 15.1 Å². The quantitative estimate of drug-likeness (QED) is 0.789. The van der Waals surface area contributed by atoms with E-state index in [-0.39, 0.29) is 36.0 Å². The molecule has 1 aliphatic carbocycles. The molecule has 2 N–H and O–H groups in total. The van der Waals surface area contributed by atoms with Crippen molar-refractivity contribution in [3.8, 4) is 0 Å². The van der Waals surface area contributed by atoms with Crippen molar-refractivity contribution in [3.63, 3.8) is 0 Å². The summed E-state index contributed by atoms with van der Waals surface area (Å²) in [6.45, 7) is 3.86. The van der Waals surface area contributed by atoms with Gasteiger partial charge in [0.15, 0.2) is 5.76 Å². The van der Waals surface area contributed by atoms with E-state index in [4.69, 9.17) is 10.2 Å². The zero-order chi connectivity index (χ0) is 14.0. The van der Waals surface area contributed by atoms with Crippen molar-refractivity contribution < 1.29 is 14.0 Å². The molecule has 1 aromatic rings. The number of carbonyl (C=O) groups is 2. The van der Waals surface area contributed by atoms with Crippen molar-refractivity contribution in [2.24, 2.45) is 11.7 Å². The number of carbonyl (C=O) groups excluding carboxylic acids is 2. The second-order valence-electron chi connectivity index (χ2n) is 5.37. The Kier molecular flexibility index (Phi) is 4.04. The number of hydrogen-bond donors (Lipinski definition) is 1. The highest BCUT2D eigenvalue weighted by Crippen LogP contribution is 2.28. The summed E-state index contributed by atoms with van der Waals surface area (Å²) >= 11 is 0. The SMILES string of the molecule is CC(C)C(N)C(=O)N(CC(=O)c1ccco1)C1CC1. The zero-order valence-electron chi connectivity index (χ0n) is 11.3. The Balaban J connectivity index is 2.04. The first-order valence-electron chi connectivity index (χ1n) is 6.63. The number of nitrogens with zero attached hydrogens (tertiary/aromatic N) is 1. The van der Waals surface area contributed by atoms with Crippen molar-refractivity contribution in [2.75, 3.05) is 6.54 Å². The van der Waals surface area contributed by atoms with Crippen molar-refractivity contribution in [1.29, 1.82) is 0 Å². The Morgan fingerprint density at radius 3 is 2.63 bits per heavy atom. The fourth-order valence-corrected chi connectivity index (χ4v) is 1.92. The van der Waals surface area contributed by atoms with Crippen LogP contribution >= 0.6 is 0 Å². The summed E-state index contributed by atoms with van der Waals surface area (Å²) in [5, 5.41) is 0. The summed E-state index contributed by atoms with van der Waals surface area (Å²) in [4.78, 5) is 25.9. The second kappa shape index (κ2) is 5.57. The highest BCUT2D eigenvalue weighted by Gasteiger charge is 2.37. The molecule has 1 saturated carbocycles. The average Bonchev–Trinajstić information content (AvgIpc) is 3.07. The topological polar surface area (TPSA) is 76.5 Å². The van der Waals surface area contributed by atoms with E-state index >= 15 is 0 Å². The molecule has 1 unspecified atom stereocenters. The summed E-state index contributed by atoms with van der Waals surface area (Å²) in [5.41, 5.74) is 5.89. The fraction of sp³-hybridized carbons (Fsp3) is 0.571. The largest absolute Gasteiger partial charge is 0.461 e. The Morgan fingerprint density at radius 1 is 1.47 bits per heavy atom. The minimum atomic E-state index is -0.551. The zero-order valence-corrected chi connectivity index (χ0v) is 11.3. The highest BCUT2D eigenvalue weighted by molar-refractivity contribution is 5.97. The van der Waals surface area contributed by atoms with E-state index in [0.717, 1.165) is 12.8 Å². The number of furan rings is 1. The highest BCUT2D eigenvalue weighted by atomic mass is 16.3. The fourth-order valence-electron chi connectivity index (χ4n) is 1.92. The van der Waals surface area contributed by atoms with E-state index in [1.165, 1.54) is 6.26 Å². The Hall–Kier alpha value is -1.62. The van der Waals surface area contributed by atoms with Gasteiger partial charge in [-0.3, -0.25) is 9.59 Å². The second-order valence-corrected chi connectivity index (χ2v) is 5.37. The maximum absolute atomic E-state index is 12.3. The molecule has 0 aliphatic heterocycles. The average molecular weight is 264 g/mol. The molecule has 1 atom stereocenters. The van der Waals surface area contributed by atoms with E-state index in [2.05, 4.69) is 0 Å². The molecule has 0 aromatic carbocycles. The van der Waals surface area contributed by atoms with Gasteiger partial charge in [-0.05, 0) is 30.9 Å². The summed E-state index contributed by atoms with van der Waals surface area (Å²) in [6, 6.07) is 2.89. The molecule has 1 aliphatic rings. The van der Waals surface area contributed by atoms with Crippen LogP contribution in [0.2, 0.25) is 0 Å². The van der Waals surface area contributed by atoms with Gasteiger partial charge in [0.2, 0.25) is 11.7 Å². The molecule has 5 heteroatoms. The molecule has 19 heavy (non-hydrogen) atoms. The molecule has 0 radical (unpaired) electrons. The van der Waals surface area contributed by atoms with Gasteiger partial charge in [-0.2, -0.15) is 0 Å². The number of Topliss-reactive ketones (excluding diaryl/α,β-unsaturated/α-hetero) is 1. The molecule has 5 nitrogen and oxygen atoms in total. The van der Waals surface area contributed by atoms with Crippen molar-refractivity contribution in [1.82, 2.24) is 4.90 Å². The van der Waals surface area contributed by atoms with Gasteiger partial charge in [-0.15, -0.1) is 0 Å². The lowest BCUT2D eigenvalue weighted by molar-refractivity contribution is -0.133. The lowest BCUT2D eigenvalue weighted by Crippen LogP contribution is -2.49. The number of ketones is 1. The lowest BCUT2D eigenvalue weighted by Gasteiger charge is -2.26. The van der Waals surface area contributed by atoms with Crippen LogP contribution < -0.4 is 5.73 Å². The van der Waals surface area contributed by atoms with E-state index in [1.807, 2.05) is 13.8 Å². The third-order valence-electron chi connectivity index (χ3n) is 3.38. The van der Waals surface area contributed by atoms with Gasteiger partial charge in [0, 0.05) is 6.04 Å². The Bertz CT molecular complexity index is 449.